The lowest BCUT2D eigenvalue weighted by Gasteiger charge is -2.42. The Morgan fingerprint density at radius 3 is 2.36 bits per heavy atom. The number of anilines is 2. The van der Waals surface area contributed by atoms with Crippen LogP contribution in [-0.4, -0.2) is 11.3 Å². The number of para-hydroxylation sites is 4. The molecule has 0 atom stereocenters. The zero-order chi connectivity index (χ0) is 23.4. The smallest absolute Gasteiger partial charge is 0.296 e. The Bertz CT molecular complexity index is 1910. The summed E-state index contributed by atoms with van der Waals surface area (Å²) in [5.74, 6) is 0. The lowest BCUT2D eigenvalue weighted by molar-refractivity contribution is 0.648. The van der Waals surface area contributed by atoms with E-state index in [1.807, 2.05) is 0 Å². The average molecular weight is 460 g/mol. The van der Waals surface area contributed by atoms with Crippen molar-refractivity contribution in [3.63, 3.8) is 0 Å². The zero-order valence-electron chi connectivity index (χ0n) is 19.6. The molecular formula is C32H21BN2O. The largest absolute Gasteiger partial charge is 0.468 e. The summed E-state index contributed by atoms with van der Waals surface area (Å²) in [5.41, 5.74) is 13.9. The summed E-state index contributed by atoms with van der Waals surface area (Å²) in [6, 6.07) is 37.1. The number of rotatable bonds is 1. The number of furan rings is 1. The first-order valence-electron chi connectivity index (χ1n) is 12.7. The van der Waals surface area contributed by atoms with E-state index < -0.39 is 0 Å². The third-order valence-corrected chi connectivity index (χ3v) is 8.30. The van der Waals surface area contributed by atoms with Gasteiger partial charge in [0.2, 0.25) is 0 Å². The van der Waals surface area contributed by atoms with Gasteiger partial charge in [-0.3, -0.25) is 0 Å². The van der Waals surface area contributed by atoms with Crippen LogP contribution in [0.15, 0.2) is 113 Å². The van der Waals surface area contributed by atoms with E-state index >= 15 is 0 Å². The van der Waals surface area contributed by atoms with Gasteiger partial charge in [0.05, 0.1) is 16.9 Å². The Kier molecular flexibility index (Phi) is 3.46. The first-order chi connectivity index (χ1) is 17.9. The monoisotopic (exact) mass is 460 g/mol. The van der Waals surface area contributed by atoms with Gasteiger partial charge in [-0.1, -0.05) is 66.7 Å². The van der Waals surface area contributed by atoms with Crippen LogP contribution in [0.25, 0.3) is 33.0 Å². The minimum absolute atomic E-state index is 0.0782. The summed E-state index contributed by atoms with van der Waals surface area (Å²) in [6.07, 6.45) is 2.04. The molecule has 3 nitrogen and oxygen atoms in total. The van der Waals surface area contributed by atoms with E-state index in [1.165, 1.54) is 61.2 Å². The number of fused-ring (bicyclic) bond motifs is 10. The van der Waals surface area contributed by atoms with Crippen LogP contribution in [0.5, 0.6) is 0 Å². The number of hydrogen-bond donors (Lipinski definition) is 0. The fourth-order valence-electron chi connectivity index (χ4n) is 6.98. The van der Waals surface area contributed by atoms with Gasteiger partial charge >= 0.3 is 0 Å². The molecule has 0 radical (unpaired) electrons. The fraction of sp³-hybridized carbons (Fsp3) is 0.0625. The lowest BCUT2D eigenvalue weighted by atomic mass is 9.34. The van der Waals surface area contributed by atoms with Crippen molar-refractivity contribution in [2.24, 2.45) is 0 Å². The zero-order valence-corrected chi connectivity index (χ0v) is 19.6. The van der Waals surface area contributed by atoms with Crippen LogP contribution < -0.4 is 16.0 Å². The van der Waals surface area contributed by atoms with Crippen LogP contribution in [0.3, 0.4) is 0 Å². The minimum atomic E-state index is 0.0782. The SMILES string of the molecule is c1ccc(N2C3=C4B(c5ccccc52)c2oc5ccccc5c2-n2c4c(c4ccccc42)CC3)cc1. The van der Waals surface area contributed by atoms with Crippen LogP contribution in [0.4, 0.5) is 11.4 Å². The van der Waals surface area contributed by atoms with Crippen LogP contribution in [0.1, 0.15) is 17.7 Å². The molecule has 0 saturated heterocycles. The van der Waals surface area contributed by atoms with Gasteiger partial charge < -0.3 is 13.9 Å². The quantitative estimate of drug-likeness (QED) is 0.267. The van der Waals surface area contributed by atoms with E-state index in [0.29, 0.717) is 0 Å². The topological polar surface area (TPSA) is 21.3 Å². The summed E-state index contributed by atoms with van der Waals surface area (Å²) in [7, 11) is 0. The molecule has 0 spiro atoms. The number of allylic oxidation sites excluding steroid dienone is 1. The molecule has 0 unspecified atom stereocenters. The number of aromatic nitrogens is 1. The standard InChI is InChI=1S/C32H21BN2O/c1-2-10-20(11-3-1)34-26-16-8-6-14-24(26)33-29-27(34)19-18-22-21-12-4-7-15-25(21)35(30(22)29)31-23-13-5-9-17-28(23)36-32(31)33/h1-17H,18-19H2. The molecule has 4 heterocycles. The molecule has 4 aromatic carbocycles. The Labute approximate surface area is 209 Å². The maximum Gasteiger partial charge on any atom is 0.296 e. The molecule has 0 N–H and O–H groups in total. The summed E-state index contributed by atoms with van der Waals surface area (Å²) >= 11 is 0. The molecule has 4 heteroatoms. The van der Waals surface area contributed by atoms with E-state index in [1.54, 1.807) is 0 Å². The molecule has 0 amide bonds. The van der Waals surface area contributed by atoms with Gasteiger partial charge in [0, 0.05) is 33.5 Å². The molecule has 168 valence electrons. The maximum absolute atomic E-state index is 6.77. The molecule has 0 bridgehead atoms. The van der Waals surface area contributed by atoms with Crippen molar-refractivity contribution in [3.8, 4) is 5.69 Å². The molecule has 3 aliphatic rings. The predicted octanol–water partition coefficient (Wildman–Crippen LogP) is 6.35. The molecular weight excluding hydrogens is 439 g/mol. The van der Waals surface area contributed by atoms with E-state index in [0.717, 1.165) is 24.1 Å². The second-order valence-corrected chi connectivity index (χ2v) is 10.0. The van der Waals surface area contributed by atoms with Crippen molar-refractivity contribution in [1.82, 2.24) is 4.57 Å². The molecule has 1 aliphatic carbocycles. The fourth-order valence-corrected chi connectivity index (χ4v) is 6.98. The predicted molar refractivity (Wildman–Crippen MR) is 148 cm³/mol. The van der Waals surface area contributed by atoms with Gasteiger partial charge in [-0.2, -0.15) is 0 Å². The van der Waals surface area contributed by atoms with Gasteiger partial charge in [-0.05, 0) is 65.7 Å². The number of benzene rings is 4. The second kappa shape index (κ2) is 6.61. The highest BCUT2D eigenvalue weighted by Crippen LogP contribution is 2.49. The van der Waals surface area contributed by atoms with Crippen LogP contribution in [0.2, 0.25) is 0 Å². The van der Waals surface area contributed by atoms with E-state index in [9.17, 15) is 0 Å². The van der Waals surface area contributed by atoms with Gasteiger partial charge in [0.15, 0.2) is 0 Å². The summed E-state index contributed by atoms with van der Waals surface area (Å²) < 4.78 is 9.28. The van der Waals surface area contributed by atoms with Crippen molar-refractivity contribution in [2.75, 3.05) is 4.90 Å². The molecule has 36 heavy (non-hydrogen) atoms. The Morgan fingerprint density at radius 2 is 1.44 bits per heavy atom. The minimum Gasteiger partial charge on any atom is -0.468 e. The van der Waals surface area contributed by atoms with Gasteiger partial charge in [-0.25, -0.2) is 0 Å². The van der Waals surface area contributed by atoms with Gasteiger partial charge in [-0.15, -0.1) is 0 Å². The van der Waals surface area contributed by atoms with Crippen molar-refractivity contribution >= 4 is 56.6 Å². The second-order valence-electron chi connectivity index (χ2n) is 10.0. The van der Waals surface area contributed by atoms with E-state index in [-0.39, 0.29) is 6.71 Å². The third-order valence-electron chi connectivity index (χ3n) is 8.30. The molecule has 2 aliphatic heterocycles. The number of nitrogens with zero attached hydrogens (tertiary/aromatic N) is 2. The molecule has 0 fully saturated rings. The van der Waals surface area contributed by atoms with Crippen molar-refractivity contribution in [2.45, 2.75) is 12.8 Å². The molecule has 2 aromatic heterocycles. The maximum atomic E-state index is 6.77. The molecule has 0 saturated carbocycles. The Hall–Kier alpha value is -4.44. The van der Waals surface area contributed by atoms with Gasteiger partial charge in [0.1, 0.15) is 5.58 Å². The third kappa shape index (κ3) is 2.16. The summed E-state index contributed by atoms with van der Waals surface area (Å²) in [6.45, 7) is 0.0782. The van der Waals surface area contributed by atoms with Crippen LogP contribution in [0, 0.1) is 0 Å². The lowest BCUT2D eigenvalue weighted by Crippen LogP contribution is -2.53. The van der Waals surface area contributed by atoms with E-state index in [2.05, 4.69) is 113 Å². The Morgan fingerprint density at radius 1 is 0.694 bits per heavy atom. The average Bonchev–Trinajstić information content (AvgIpc) is 3.48. The molecule has 9 rings (SSSR count). The van der Waals surface area contributed by atoms with Crippen molar-refractivity contribution < 1.29 is 4.42 Å². The highest BCUT2D eigenvalue weighted by atomic mass is 16.3. The van der Waals surface area contributed by atoms with Crippen LogP contribution >= 0.6 is 0 Å². The van der Waals surface area contributed by atoms with E-state index in [4.69, 9.17) is 4.42 Å². The highest BCUT2D eigenvalue weighted by Gasteiger charge is 2.48. The first-order valence-corrected chi connectivity index (χ1v) is 12.7. The van der Waals surface area contributed by atoms with Crippen molar-refractivity contribution in [3.05, 3.63) is 120 Å². The molecule has 6 aromatic rings. The van der Waals surface area contributed by atoms with Gasteiger partial charge in [0.25, 0.3) is 6.71 Å². The van der Waals surface area contributed by atoms with Crippen LogP contribution in [-0.2, 0) is 6.42 Å². The summed E-state index contributed by atoms with van der Waals surface area (Å²) in [4.78, 5) is 2.50. The number of hydrogen-bond acceptors (Lipinski definition) is 2. The Balaban J connectivity index is 1.50. The first kappa shape index (κ1) is 18.8. The number of aryl methyl sites for hydroxylation is 1. The normalized spacial score (nSPS) is 15.3. The highest BCUT2D eigenvalue weighted by molar-refractivity contribution is 7.01. The summed E-state index contributed by atoms with van der Waals surface area (Å²) in [5, 5.41) is 2.55. The van der Waals surface area contributed by atoms with Crippen molar-refractivity contribution in [1.29, 1.82) is 0 Å².